The number of rotatable bonds is 2. The van der Waals surface area contributed by atoms with Gasteiger partial charge in [-0.2, -0.15) is 0 Å². The second-order valence-electron chi connectivity index (χ2n) is 4.34. The van der Waals surface area contributed by atoms with Crippen LogP contribution in [0.2, 0.25) is 0 Å². The minimum Gasteiger partial charge on any atom is -0.388 e. The Labute approximate surface area is 98.6 Å². The third-order valence-electron chi connectivity index (χ3n) is 3.26. The van der Waals surface area contributed by atoms with Crippen molar-refractivity contribution < 1.29 is 5.11 Å². The molecule has 0 bridgehead atoms. The molecular weight excluding hydrogens is 254 g/mol. The van der Waals surface area contributed by atoms with E-state index in [0.29, 0.717) is 0 Å². The van der Waals surface area contributed by atoms with Crippen LogP contribution in [0.1, 0.15) is 37.3 Å². The van der Waals surface area contributed by atoms with Crippen LogP contribution in [-0.2, 0) is 0 Å². The van der Waals surface area contributed by atoms with E-state index in [0.717, 1.165) is 35.7 Å². The molecule has 1 atom stereocenters. The number of hydrogen-bond donors (Lipinski definition) is 2. The van der Waals surface area contributed by atoms with Crippen LogP contribution in [0.15, 0.2) is 28.7 Å². The van der Waals surface area contributed by atoms with Gasteiger partial charge in [0.15, 0.2) is 0 Å². The molecule has 0 aromatic heterocycles. The molecule has 3 heteroatoms. The molecule has 1 unspecified atom stereocenters. The van der Waals surface area contributed by atoms with Crippen LogP contribution >= 0.6 is 15.9 Å². The molecule has 0 saturated heterocycles. The highest BCUT2D eigenvalue weighted by atomic mass is 79.9. The fraction of sp³-hybridized carbons (Fsp3) is 0.500. The smallest absolute Gasteiger partial charge is 0.0839 e. The van der Waals surface area contributed by atoms with Gasteiger partial charge in [-0.25, -0.2) is 0 Å². The molecule has 0 aliphatic heterocycles. The summed E-state index contributed by atoms with van der Waals surface area (Å²) in [6, 6.07) is 7.62. The fourth-order valence-corrected chi connectivity index (χ4v) is 2.73. The number of aliphatic hydroxyl groups is 1. The lowest BCUT2D eigenvalue weighted by Crippen LogP contribution is -2.38. The van der Waals surface area contributed by atoms with Gasteiger partial charge in [0.2, 0.25) is 0 Å². The maximum atomic E-state index is 10.4. The molecule has 1 saturated carbocycles. The first-order valence-corrected chi connectivity index (χ1v) is 6.14. The first-order chi connectivity index (χ1) is 7.12. The van der Waals surface area contributed by atoms with Gasteiger partial charge in [0.25, 0.3) is 0 Å². The topological polar surface area (TPSA) is 46.2 Å². The van der Waals surface area contributed by atoms with Gasteiger partial charge < -0.3 is 10.8 Å². The minimum atomic E-state index is -0.694. The Morgan fingerprint density at radius 3 is 2.60 bits per heavy atom. The van der Waals surface area contributed by atoms with Crippen molar-refractivity contribution >= 4 is 15.9 Å². The summed E-state index contributed by atoms with van der Waals surface area (Å²) in [4.78, 5) is 0. The fourth-order valence-electron chi connectivity index (χ4n) is 2.31. The van der Waals surface area contributed by atoms with Crippen LogP contribution in [0.4, 0.5) is 0 Å². The predicted octanol–water partition coefficient (Wildman–Crippen LogP) is 2.75. The SMILES string of the molecule is NC(c1cccc(Br)c1)C1(O)CCCC1. The monoisotopic (exact) mass is 269 g/mol. The summed E-state index contributed by atoms with van der Waals surface area (Å²) >= 11 is 3.42. The molecule has 2 nitrogen and oxygen atoms in total. The van der Waals surface area contributed by atoms with E-state index in [2.05, 4.69) is 15.9 Å². The lowest BCUT2D eigenvalue weighted by Gasteiger charge is -2.30. The van der Waals surface area contributed by atoms with Crippen molar-refractivity contribution in [1.82, 2.24) is 0 Å². The zero-order valence-electron chi connectivity index (χ0n) is 8.62. The van der Waals surface area contributed by atoms with E-state index >= 15 is 0 Å². The highest BCUT2D eigenvalue weighted by Crippen LogP contribution is 2.38. The third kappa shape index (κ3) is 2.25. The molecule has 1 aromatic rings. The maximum Gasteiger partial charge on any atom is 0.0839 e. The van der Waals surface area contributed by atoms with E-state index in [1.54, 1.807) is 0 Å². The highest BCUT2D eigenvalue weighted by Gasteiger charge is 2.37. The van der Waals surface area contributed by atoms with Crippen molar-refractivity contribution in [2.45, 2.75) is 37.3 Å². The molecule has 0 amide bonds. The molecule has 3 N–H and O–H groups in total. The van der Waals surface area contributed by atoms with Crippen LogP contribution in [0, 0.1) is 0 Å². The second kappa shape index (κ2) is 4.24. The van der Waals surface area contributed by atoms with Gasteiger partial charge in [0.1, 0.15) is 0 Å². The maximum absolute atomic E-state index is 10.4. The highest BCUT2D eigenvalue weighted by molar-refractivity contribution is 9.10. The average Bonchev–Trinajstić information content (AvgIpc) is 2.65. The summed E-state index contributed by atoms with van der Waals surface area (Å²) in [5.41, 5.74) is 6.45. The van der Waals surface area contributed by atoms with E-state index in [1.807, 2.05) is 24.3 Å². The van der Waals surface area contributed by atoms with Gasteiger partial charge in [-0.1, -0.05) is 40.9 Å². The van der Waals surface area contributed by atoms with E-state index in [1.165, 1.54) is 0 Å². The molecule has 1 aromatic carbocycles. The Morgan fingerprint density at radius 1 is 1.33 bits per heavy atom. The first-order valence-electron chi connectivity index (χ1n) is 5.35. The van der Waals surface area contributed by atoms with E-state index in [-0.39, 0.29) is 6.04 Å². The Morgan fingerprint density at radius 2 is 2.00 bits per heavy atom. The average molecular weight is 270 g/mol. The largest absolute Gasteiger partial charge is 0.388 e. The summed E-state index contributed by atoms with van der Waals surface area (Å²) in [5, 5.41) is 10.4. The van der Waals surface area contributed by atoms with Gasteiger partial charge >= 0.3 is 0 Å². The van der Waals surface area contributed by atoms with Gasteiger partial charge in [-0.15, -0.1) is 0 Å². The van der Waals surface area contributed by atoms with Gasteiger partial charge in [0.05, 0.1) is 11.6 Å². The lowest BCUT2D eigenvalue weighted by molar-refractivity contribution is 0.0203. The molecular formula is C12H16BrNO. The number of hydrogen-bond acceptors (Lipinski definition) is 2. The van der Waals surface area contributed by atoms with Crippen LogP contribution in [0.25, 0.3) is 0 Å². The summed E-state index contributed by atoms with van der Waals surface area (Å²) < 4.78 is 1.01. The second-order valence-corrected chi connectivity index (χ2v) is 5.26. The van der Waals surface area contributed by atoms with Gasteiger partial charge in [-0.3, -0.25) is 0 Å². The summed E-state index contributed by atoms with van der Waals surface area (Å²) in [7, 11) is 0. The van der Waals surface area contributed by atoms with Crippen molar-refractivity contribution in [2.24, 2.45) is 5.73 Å². The summed E-state index contributed by atoms with van der Waals surface area (Å²) in [5.74, 6) is 0. The van der Waals surface area contributed by atoms with Crippen molar-refractivity contribution in [2.75, 3.05) is 0 Å². The zero-order chi connectivity index (χ0) is 10.9. The summed E-state index contributed by atoms with van der Waals surface area (Å²) in [6.07, 6.45) is 3.80. The Kier molecular flexibility index (Phi) is 3.14. The Balaban J connectivity index is 2.23. The van der Waals surface area contributed by atoms with Crippen LogP contribution in [0.3, 0.4) is 0 Å². The summed E-state index contributed by atoms with van der Waals surface area (Å²) in [6.45, 7) is 0. The number of halogens is 1. The Hall–Kier alpha value is -0.380. The van der Waals surface area contributed by atoms with Gasteiger partial charge in [-0.05, 0) is 30.5 Å². The van der Waals surface area contributed by atoms with Gasteiger partial charge in [0, 0.05) is 4.47 Å². The van der Waals surface area contributed by atoms with E-state index in [4.69, 9.17) is 5.73 Å². The molecule has 0 radical (unpaired) electrons. The van der Waals surface area contributed by atoms with Crippen LogP contribution in [0.5, 0.6) is 0 Å². The van der Waals surface area contributed by atoms with Crippen molar-refractivity contribution in [1.29, 1.82) is 0 Å². The van der Waals surface area contributed by atoms with E-state index in [9.17, 15) is 5.11 Å². The molecule has 0 spiro atoms. The van der Waals surface area contributed by atoms with Crippen molar-refractivity contribution in [3.05, 3.63) is 34.3 Å². The number of benzene rings is 1. The first kappa shape index (κ1) is 11.1. The minimum absolute atomic E-state index is 0.266. The van der Waals surface area contributed by atoms with Crippen LogP contribution < -0.4 is 5.73 Å². The third-order valence-corrected chi connectivity index (χ3v) is 3.75. The molecule has 0 heterocycles. The van der Waals surface area contributed by atoms with E-state index < -0.39 is 5.60 Å². The van der Waals surface area contributed by atoms with Crippen molar-refractivity contribution in [3.8, 4) is 0 Å². The molecule has 82 valence electrons. The normalized spacial score (nSPS) is 21.5. The molecule has 1 aliphatic rings. The van der Waals surface area contributed by atoms with Crippen molar-refractivity contribution in [3.63, 3.8) is 0 Å². The van der Waals surface area contributed by atoms with Crippen LogP contribution in [-0.4, -0.2) is 10.7 Å². The molecule has 1 aliphatic carbocycles. The molecule has 2 rings (SSSR count). The number of nitrogens with two attached hydrogens (primary N) is 1. The zero-order valence-corrected chi connectivity index (χ0v) is 10.2. The molecule has 1 fully saturated rings. The quantitative estimate of drug-likeness (QED) is 0.868. The standard InChI is InChI=1S/C12H16BrNO/c13-10-5-3-4-9(8-10)11(14)12(15)6-1-2-7-12/h3-5,8,11,15H,1-2,6-7,14H2. The molecule has 15 heavy (non-hydrogen) atoms. The predicted molar refractivity (Wildman–Crippen MR) is 64.5 cm³/mol. The Bertz CT molecular complexity index is 347. The lowest BCUT2D eigenvalue weighted by atomic mass is 9.88.